The number of aryl methyl sites for hydroxylation is 1. The van der Waals surface area contributed by atoms with E-state index in [1.165, 1.54) is 4.90 Å². The molecule has 0 saturated heterocycles. The van der Waals surface area contributed by atoms with Crippen molar-refractivity contribution in [1.29, 1.82) is 0 Å². The number of carbonyl (C=O) groups is 2. The molecule has 0 saturated carbocycles. The van der Waals surface area contributed by atoms with Gasteiger partial charge in [0.2, 0.25) is 5.78 Å². The van der Waals surface area contributed by atoms with Gasteiger partial charge in [0.1, 0.15) is 11.8 Å². The average Bonchev–Trinajstić information content (AvgIpc) is 3.28. The topological polar surface area (TPSA) is 88.1 Å². The van der Waals surface area contributed by atoms with E-state index >= 15 is 0 Å². The van der Waals surface area contributed by atoms with Crippen LogP contribution in [0.1, 0.15) is 48.3 Å². The van der Waals surface area contributed by atoms with E-state index in [0.29, 0.717) is 18.0 Å². The second kappa shape index (κ2) is 9.05. The predicted octanol–water partition coefficient (Wildman–Crippen LogP) is 1.88. The quantitative estimate of drug-likeness (QED) is 0.630. The molecular formula is C22H28N3O4+. The van der Waals surface area contributed by atoms with Gasteiger partial charge in [-0.1, -0.05) is 6.07 Å². The number of furan rings is 1. The fourth-order valence-corrected chi connectivity index (χ4v) is 3.75. The van der Waals surface area contributed by atoms with Crippen LogP contribution in [0.2, 0.25) is 0 Å². The smallest absolute Gasteiger partial charge is 0.290 e. The summed E-state index contributed by atoms with van der Waals surface area (Å²) in [5.74, 6) is -0.855. The molecular weight excluding hydrogens is 370 g/mol. The number of aliphatic hydroxyl groups excluding tert-OH is 1. The summed E-state index contributed by atoms with van der Waals surface area (Å²) in [7, 11) is 0. The highest BCUT2D eigenvalue weighted by Gasteiger charge is 2.44. The van der Waals surface area contributed by atoms with Crippen molar-refractivity contribution in [3.63, 3.8) is 0 Å². The molecule has 0 bridgehead atoms. The third kappa shape index (κ3) is 4.24. The SMILES string of the molecule is CC[NH+](CC)CCCN1C(=O)C(O)=C(C(=O)c2ccc(C)o2)[C@H]1c1ccccn1. The Hall–Kier alpha value is -2.93. The first-order chi connectivity index (χ1) is 14.0. The van der Waals surface area contributed by atoms with E-state index < -0.39 is 23.5 Å². The number of rotatable bonds is 9. The largest absolute Gasteiger partial charge is 0.503 e. The van der Waals surface area contributed by atoms with Gasteiger partial charge in [-0.05, 0) is 45.0 Å². The molecule has 1 aliphatic rings. The molecule has 0 aromatic carbocycles. The average molecular weight is 398 g/mol. The molecule has 0 unspecified atom stereocenters. The van der Waals surface area contributed by atoms with E-state index in [0.717, 1.165) is 26.1 Å². The number of hydrogen-bond donors (Lipinski definition) is 2. The Balaban J connectivity index is 1.91. The second-order valence-corrected chi connectivity index (χ2v) is 7.22. The van der Waals surface area contributed by atoms with Crippen molar-refractivity contribution in [3.05, 3.63) is 65.1 Å². The van der Waals surface area contributed by atoms with Gasteiger partial charge < -0.3 is 19.3 Å². The van der Waals surface area contributed by atoms with E-state index in [9.17, 15) is 14.7 Å². The number of ketones is 1. The highest BCUT2D eigenvalue weighted by atomic mass is 16.3. The first kappa shape index (κ1) is 20.8. The predicted molar refractivity (Wildman–Crippen MR) is 108 cm³/mol. The van der Waals surface area contributed by atoms with Gasteiger partial charge in [0.05, 0.1) is 30.9 Å². The first-order valence-corrected chi connectivity index (χ1v) is 10.1. The minimum absolute atomic E-state index is 0.0261. The Morgan fingerprint density at radius 3 is 2.59 bits per heavy atom. The maximum absolute atomic E-state index is 13.1. The second-order valence-electron chi connectivity index (χ2n) is 7.22. The molecule has 2 N–H and O–H groups in total. The Labute approximate surface area is 170 Å². The van der Waals surface area contributed by atoms with Crippen LogP contribution in [-0.2, 0) is 4.79 Å². The van der Waals surface area contributed by atoms with Crippen molar-refractivity contribution in [2.24, 2.45) is 0 Å². The van der Waals surface area contributed by atoms with Gasteiger partial charge in [-0.15, -0.1) is 0 Å². The molecule has 0 spiro atoms. The van der Waals surface area contributed by atoms with Gasteiger partial charge in [-0.2, -0.15) is 0 Å². The van der Waals surface area contributed by atoms with E-state index in [1.54, 1.807) is 48.4 Å². The van der Waals surface area contributed by atoms with E-state index in [1.807, 2.05) is 0 Å². The number of pyridine rings is 1. The van der Waals surface area contributed by atoms with Gasteiger partial charge >= 0.3 is 0 Å². The zero-order chi connectivity index (χ0) is 21.0. The summed E-state index contributed by atoms with van der Waals surface area (Å²) in [5, 5.41) is 10.6. The number of hydrogen-bond acceptors (Lipinski definition) is 5. The summed E-state index contributed by atoms with van der Waals surface area (Å²) in [6, 6.07) is 7.86. The fraction of sp³-hybridized carbons (Fsp3) is 0.409. The third-order valence-electron chi connectivity index (χ3n) is 5.41. The van der Waals surface area contributed by atoms with Crippen LogP contribution in [0, 0.1) is 6.92 Å². The summed E-state index contributed by atoms with van der Waals surface area (Å²) in [5.41, 5.74) is 0.574. The number of aliphatic hydroxyl groups is 1. The summed E-state index contributed by atoms with van der Waals surface area (Å²) >= 11 is 0. The molecule has 29 heavy (non-hydrogen) atoms. The molecule has 154 valence electrons. The van der Waals surface area contributed by atoms with Crippen molar-refractivity contribution in [1.82, 2.24) is 9.88 Å². The van der Waals surface area contributed by atoms with Crippen molar-refractivity contribution < 1.29 is 24.0 Å². The van der Waals surface area contributed by atoms with Crippen LogP contribution >= 0.6 is 0 Å². The number of aromatic nitrogens is 1. The Bertz CT molecular complexity index is 900. The lowest BCUT2D eigenvalue weighted by atomic mass is 9.98. The zero-order valence-corrected chi connectivity index (χ0v) is 17.1. The third-order valence-corrected chi connectivity index (χ3v) is 5.41. The molecule has 2 aromatic heterocycles. The molecule has 2 aromatic rings. The molecule has 1 atom stereocenters. The molecule has 7 heteroatoms. The van der Waals surface area contributed by atoms with Crippen molar-refractivity contribution in [2.45, 2.75) is 33.2 Å². The van der Waals surface area contributed by atoms with E-state index in [-0.39, 0.29) is 11.3 Å². The number of nitrogens with one attached hydrogen (secondary N) is 1. The molecule has 3 heterocycles. The minimum Gasteiger partial charge on any atom is -0.503 e. The lowest BCUT2D eigenvalue weighted by molar-refractivity contribution is -0.896. The highest BCUT2D eigenvalue weighted by Crippen LogP contribution is 2.38. The molecule has 0 aliphatic carbocycles. The monoisotopic (exact) mass is 398 g/mol. The number of nitrogens with zero attached hydrogens (tertiary/aromatic N) is 2. The molecule has 0 fully saturated rings. The molecule has 3 rings (SSSR count). The van der Waals surface area contributed by atoms with Crippen LogP contribution in [0.4, 0.5) is 0 Å². The van der Waals surface area contributed by atoms with Gasteiger partial charge in [0.15, 0.2) is 11.5 Å². The molecule has 1 amide bonds. The number of Topliss-reactive ketones (excluding diaryl/α,β-unsaturated/α-hetero) is 1. The van der Waals surface area contributed by atoms with Gasteiger partial charge in [-0.25, -0.2) is 0 Å². The number of carbonyl (C=O) groups excluding carboxylic acids is 2. The van der Waals surface area contributed by atoms with E-state index in [2.05, 4.69) is 18.8 Å². The molecule has 7 nitrogen and oxygen atoms in total. The van der Waals surface area contributed by atoms with Crippen LogP contribution < -0.4 is 4.90 Å². The van der Waals surface area contributed by atoms with Gasteiger partial charge in [-0.3, -0.25) is 14.6 Å². The van der Waals surface area contributed by atoms with Gasteiger partial charge in [0.25, 0.3) is 5.91 Å². The number of quaternary nitrogens is 1. The van der Waals surface area contributed by atoms with E-state index in [4.69, 9.17) is 4.42 Å². The molecule has 1 aliphatic heterocycles. The van der Waals surface area contributed by atoms with Crippen LogP contribution in [0.25, 0.3) is 0 Å². The maximum atomic E-state index is 13.1. The lowest BCUT2D eigenvalue weighted by Crippen LogP contribution is -3.11. The summed E-state index contributed by atoms with van der Waals surface area (Å²) < 4.78 is 5.45. The normalized spacial score (nSPS) is 16.9. The molecule has 0 radical (unpaired) electrons. The summed E-state index contributed by atoms with van der Waals surface area (Å²) in [6.07, 6.45) is 2.38. The standard InChI is InChI=1S/C22H27N3O4/c1-4-24(5-2)13-8-14-25-19(16-9-6-7-12-23-16)18(21(27)22(25)28)20(26)17-11-10-15(3)29-17/h6-7,9-12,19,27H,4-5,8,13-14H2,1-3H3/p+1/t19-/m1/s1. The van der Waals surface area contributed by atoms with Crippen molar-refractivity contribution >= 4 is 11.7 Å². The first-order valence-electron chi connectivity index (χ1n) is 10.1. The Kier molecular flexibility index (Phi) is 6.49. The van der Waals surface area contributed by atoms with Crippen molar-refractivity contribution in [2.75, 3.05) is 26.2 Å². The Morgan fingerprint density at radius 2 is 2.00 bits per heavy atom. The zero-order valence-electron chi connectivity index (χ0n) is 17.1. The minimum atomic E-state index is -0.728. The maximum Gasteiger partial charge on any atom is 0.290 e. The van der Waals surface area contributed by atoms with Crippen LogP contribution in [0.15, 0.2) is 52.3 Å². The summed E-state index contributed by atoms with van der Waals surface area (Å²) in [6.45, 7) is 9.37. The summed E-state index contributed by atoms with van der Waals surface area (Å²) in [4.78, 5) is 33.3. The fourth-order valence-electron chi connectivity index (χ4n) is 3.75. The van der Waals surface area contributed by atoms with Crippen LogP contribution in [0.5, 0.6) is 0 Å². The van der Waals surface area contributed by atoms with Gasteiger partial charge in [0, 0.05) is 19.2 Å². The highest BCUT2D eigenvalue weighted by molar-refractivity contribution is 6.14. The van der Waals surface area contributed by atoms with Crippen LogP contribution in [0.3, 0.4) is 0 Å². The van der Waals surface area contributed by atoms with Crippen LogP contribution in [-0.4, -0.2) is 52.9 Å². The van der Waals surface area contributed by atoms with Crippen molar-refractivity contribution in [3.8, 4) is 0 Å². The number of amides is 1. The lowest BCUT2D eigenvalue weighted by Gasteiger charge is -2.26. The Morgan fingerprint density at radius 1 is 1.24 bits per heavy atom.